The van der Waals surface area contributed by atoms with E-state index in [2.05, 4.69) is 24.0 Å². The first-order chi connectivity index (χ1) is 12.1. The average molecular weight is 366 g/mol. The lowest BCUT2D eigenvalue weighted by atomic mass is 10.0. The van der Waals surface area contributed by atoms with Gasteiger partial charge in [0.05, 0.1) is 13.7 Å². The molecule has 8 heteroatoms. The molecule has 1 aliphatic rings. The second-order valence-corrected chi connectivity index (χ2v) is 7.95. The Balaban J connectivity index is 2.14. The van der Waals surface area contributed by atoms with Crippen LogP contribution in [0.25, 0.3) is 0 Å². The van der Waals surface area contributed by atoms with Gasteiger partial charge in [0.1, 0.15) is 5.60 Å². The zero-order valence-corrected chi connectivity index (χ0v) is 16.6. The Labute approximate surface area is 154 Å². The van der Waals surface area contributed by atoms with E-state index in [-0.39, 0.29) is 12.0 Å². The van der Waals surface area contributed by atoms with Crippen LogP contribution in [0.4, 0.5) is 4.79 Å². The van der Waals surface area contributed by atoms with Crippen molar-refractivity contribution in [3.05, 3.63) is 17.0 Å². The number of fused-ring (bicyclic) bond motifs is 1. The third-order valence-corrected chi connectivity index (χ3v) is 4.14. The highest BCUT2D eigenvalue weighted by Gasteiger charge is 2.32. The molecule has 0 unspecified atom stereocenters. The summed E-state index contributed by atoms with van der Waals surface area (Å²) in [5.74, 6) is 0.160. The minimum Gasteiger partial charge on any atom is -0.444 e. The van der Waals surface area contributed by atoms with E-state index < -0.39 is 5.60 Å². The standard InChI is InChI=1S/C18H30N4O4/c1-12(2)7-10-22(25-6)16(23)15-13-11-21(9-8-14(13)19-20-15)17(24)26-18(3,4)5/h12H,7-11H2,1-6H3,(H,19,20). The molecule has 0 aromatic carbocycles. The lowest BCUT2D eigenvalue weighted by Gasteiger charge is -2.30. The van der Waals surface area contributed by atoms with Crippen molar-refractivity contribution in [2.24, 2.45) is 5.92 Å². The van der Waals surface area contributed by atoms with Crippen LogP contribution >= 0.6 is 0 Å². The molecule has 1 N–H and O–H groups in total. The number of ether oxygens (including phenoxy) is 1. The van der Waals surface area contributed by atoms with Crippen molar-refractivity contribution in [1.29, 1.82) is 0 Å². The van der Waals surface area contributed by atoms with Crippen LogP contribution in [0.1, 0.15) is 62.8 Å². The van der Waals surface area contributed by atoms with E-state index in [9.17, 15) is 9.59 Å². The third kappa shape index (κ3) is 4.97. The summed E-state index contributed by atoms with van der Waals surface area (Å²) in [4.78, 5) is 32.0. The smallest absolute Gasteiger partial charge is 0.410 e. The Bertz CT molecular complexity index is 648. The van der Waals surface area contributed by atoms with Crippen molar-refractivity contribution in [3.8, 4) is 0 Å². The predicted octanol–water partition coefficient (Wildman–Crippen LogP) is 2.75. The number of hydroxylamine groups is 2. The SMILES string of the molecule is CON(CCC(C)C)C(=O)c1n[nH]c2c1CN(C(=O)OC(C)(C)C)CC2. The molecule has 1 aromatic rings. The van der Waals surface area contributed by atoms with Crippen molar-refractivity contribution in [2.45, 2.75) is 59.6 Å². The maximum absolute atomic E-state index is 12.8. The van der Waals surface area contributed by atoms with Crippen molar-refractivity contribution >= 4 is 12.0 Å². The van der Waals surface area contributed by atoms with Gasteiger partial charge in [-0.3, -0.25) is 14.7 Å². The van der Waals surface area contributed by atoms with Gasteiger partial charge in [-0.1, -0.05) is 13.8 Å². The molecule has 0 bridgehead atoms. The number of nitrogens with zero attached hydrogens (tertiary/aromatic N) is 3. The molecule has 26 heavy (non-hydrogen) atoms. The van der Waals surface area contributed by atoms with Crippen LogP contribution < -0.4 is 0 Å². The minimum atomic E-state index is -0.559. The molecule has 1 aromatic heterocycles. The van der Waals surface area contributed by atoms with Crippen LogP contribution in [-0.2, 0) is 22.5 Å². The second-order valence-electron chi connectivity index (χ2n) is 7.95. The summed E-state index contributed by atoms with van der Waals surface area (Å²) < 4.78 is 5.44. The molecular weight excluding hydrogens is 336 g/mol. The van der Waals surface area contributed by atoms with Crippen molar-refractivity contribution in [1.82, 2.24) is 20.2 Å². The summed E-state index contributed by atoms with van der Waals surface area (Å²) in [6.45, 7) is 11.0. The van der Waals surface area contributed by atoms with Gasteiger partial charge in [-0.05, 0) is 33.1 Å². The molecule has 0 fully saturated rings. The average Bonchev–Trinajstić information content (AvgIpc) is 2.96. The largest absolute Gasteiger partial charge is 0.444 e. The summed E-state index contributed by atoms with van der Waals surface area (Å²) in [5.41, 5.74) is 1.36. The van der Waals surface area contributed by atoms with Crippen LogP contribution in [-0.4, -0.2) is 58.0 Å². The van der Waals surface area contributed by atoms with E-state index in [1.54, 1.807) is 4.90 Å². The molecule has 1 aliphatic heterocycles. The topological polar surface area (TPSA) is 87.8 Å². The van der Waals surface area contributed by atoms with E-state index in [1.807, 2.05) is 20.8 Å². The fourth-order valence-electron chi connectivity index (χ4n) is 2.72. The van der Waals surface area contributed by atoms with Gasteiger partial charge in [0.2, 0.25) is 0 Å². The summed E-state index contributed by atoms with van der Waals surface area (Å²) in [6, 6.07) is 0. The third-order valence-electron chi connectivity index (χ3n) is 4.14. The number of aromatic nitrogens is 2. The van der Waals surface area contributed by atoms with Gasteiger partial charge in [-0.15, -0.1) is 0 Å². The van der Waals surface area contributed by atoms with Crippen molar-refractivity contribution in [3.63, 3.8) is 0 Å². The van der Waals surface area contributed by atoms with Gasteiger partial charge in [0, 0.05) is 30.8 Å². The number of H-pyrrole nitrogens is 1. The minimum absolute atomic E-state index is 0.295. The molecule has 146 valence electrons. The maximum Gasteiger partial charge on any atom is 0.410 e. The molecule has 2 rings (SSSR count). The molecule has 0 saturated heterocycles. The van der Waals surface area contributed by atoms with Gasteiger partial charge < -0.3 is 9.64 Å². The van der Waals surface area contributed by atoms with Gasteiger partial charge >= 0.3 is 6.09 Å². The number of rotatable bonds is 5. The number of carbonyl (C=O) groups excluding carboxylic acids is 2. The quantitative estimate of drug-likeness (QED) is 0.810. The lowest BCUT2D eigenvalue weighted by molar-refractivity contribution is -0.0973. The molecule has 2 amide bonds. The predicted molar refractivity (Wildman–Crippen MR) is 96.4 cm³/mol. The Morgan fingerprint density at radius 2 is 2.04 bits per heavy atom. The van der Waals surface area contributed by atoms with E-state index in [4.69, 9.17) is 9.57 Å². The molecule has 0 spiro atoms. The molecular formula is C18H30N4O4. The first kappa shape index (κ1) is 20.2. The summed E-state index contributed by atoms with van der Waals surface area (Å²) in [7, 11) is 1.48. The first-order valence-corrected chi connectivity index (χ1v) is 9.02. The van der Waals surface area contributed by atoms with Crippen LogP contribution in [0.2, 0.25) is 0 Å². The van der Waals surface area contributed by atoms with E-state index in [0.29, 0.717) is 37.7 Å². The van der Waals surface area contributed by atoms with Crippen LogP contribution in [0.5, 0.6) is 0 Å². The molecule has 0 saturated carbocycles. The van der Waals surface area contributed by atoms with E-state index >= 15 is 0 Å². The Morgan fingerprint density at radius 1 is 1.35 bits per heavy atom. The fraction of sp³-hybridized carbons (Fsp3) is 0.722. The highest BCUT2D eigenvalue weighted by Crippen LogP contribution is 2.23. The zero-order valence-electron chi connectivity index (χ0n) is 16.6. The maximum atomic E-state index is 12.8. The van der Waals surface area contributed by atoms with Crippen molar-refractivity contribution < 1.29 is 19.2 Å². The van der Waals surface area contributed by atoms with Gasteiger partial charge in [-0.2, -0.15) is 5.10 Å². The fourth-order valence-corrected chi connectivity index (χ4v) is 2.72. The summed E-state index contributed by atoms with van der Waals surface area (Å²) in [6.07, 6.45) is 1.05. The van der Waals surface area contributed by atoms with Gasteiger partial charge in [0.15, 0.2) is 5.69 Å². The molecule has 0 aliphatic carbocycles. The van der Waals surface area contributed by atoms with E-state index in [1.165, 1.54) is 12.2 Å². The molecule has 8 nitrogen and oxygen atoms in total. The number of aromatic amines is 1. The Morgan fingerprint density at radius 3 is 2.62 bits per heavy atom. The lowest BCUT2D eigenvalue weighted by Crippen LogP contribution is -2.40. The Hall–Kier alpha value is -2.09. The number of hydrogen-bond donors (Lipinski definition) is 1. The Kier molecular flexibility index (Phi) is 6.28. The van der Waals surface area contributed by atoms with Crippen LogP contribution in [0.15, 0.2) is 0 Å². The molecule has 0 radical (unpaired) electrons. The normalized spacial score (nSPS) is 14.3. The van der Waals surface area contributed by atoms with Crippen molar-refractivity contribution in [2.75, 3.05) is 20.2 Å². The van der Waals surface area contributed by atoms with Gasteiger partial charge in [0.25, 0.3) is 5.91 Å². The van der Waals surface area contributed by atoms with Gasteiger partial charge in [-0.25, -0.2) is 9.86 Å². The summed E-state index contributed by atoms with van der Waals surface area (Å²) in [5, 5.41) is 8.44. The number of nitrogens with one attached hydrogen (secondary N) is 1. The molecule has 0 atom stereocenters. The zero-order chi connectivity index (χ0) is 19.5. The summed E-state index contributed by atoms with van der Waals surface area (Å²) >= 11 is 0. The second kappa shape index (κ2) is 8.07. The monoisotopic (exact) mass is 366 g/mol. The highest BCUT2D eigenvalue weighted by molar-refractivity contribution is 5.93. The molecule has 2 heterocycles. The number of carbonyl (C=O) groups is 2. The van der Waals surface area contributed by atoms with Crippen LogP contribution in [0, 0.1) is 5.92 Å². The van der Waals surface area contributed by atoms with Crippen LogP contribution in [0.3, 0.4) is 0 Å². The first-order valence-electron chi connectivity index (χ1n) is 9.02. The highest BCUT2D eigenvalue weighted by atomic mass is 16.7. The number of amides is 2. The number of hydrogen-bond acceptors (Lipinski definition) is 5. The van der Waals surface area contributed by atoms with E-state index in [0.717, 1.165) is 17.7 Å².